The summed E-state index contributed by atoms with van der Waals surface area (Å²) in [5, 5.41) is 2.73. The van der Waals surface area contributed by atoms with Crippen molar-refractivity contribution in [2.45, 2.75) is 19.6 Å². The van der Waals surface area contributed by atoms with Crippen molar-refractivity contribution in [1.82, 2.24) is 10.3 Å². The third-order valence-corrected chi connectivity index (χ3v) is 2.89. The Labute approximate surface area is 120 Å². The Morgan fingerprint density at radius 1 is 1.19 bits per heavy atom. The van der Waals surface area contributed by atoms with E-state index in [4.69, 9.17) is 0 Å². The van der Waals surface area contributed by atoms with Crippen LogP contribution in [0.15, 0.2) is 48.8 Å². The molecule has 0 aliphatic heterocycles. The number of hydrogen-bond donors (Lipinski definition) is 1. The molecule has 0 aliphatic rings. The third-order valence-electron chi connectivity index (χ3n) is 2.89. The molecule has 1 amide bonds. The summed E-state index contributed by atoms with van der Waals surface area (Å²) in [4.78, 5) is 15.9. The molecular formula is C15H14F2N2O2. The van der Waals surface area contributed by atoms with Crippen molar-refractivity contribution in [2.75, 3.05) is 0 Å². The number of alkyl halides is 2. The zero-order valence-corrected chi connectivity index (χ0v) is 11.3. The number of carbonyl (C=O) groups is 1. The fraction of sp³-hybridized carbons (Fsp3) is 0.200. The monoisotopic (exact) mass is 292 g/mol. The maximum Gasteiger partial charge on any atom is 0.387 e. The number of hydrogen-bond acceptors (Lipinski definition) is 3. The van der Waals surface area contributed by atoms with E-state index in [1.807, 2.05) is 0 Å². The van der Waals surface area contributed by atoms with E-state index in [9.17, 15) is 13.6 Å². The van der Waals surface area contributed by atoms with Crippen LogP contribution in [0.5, 0.6) is 5.75 Å². The predicted octanol–water partition coefficient (Wildman–Crippen LogP) is 3.17. The molecule has 6 heteroatoms. The van der Waals surface area contributed by atoms with Crippen molar-refractivity contribution in [2.24, 2.45) is 0 Å². The van der Waals surface area contributed by atoms with Crippen molar-refractivity contribution in [3.63, 3.8) is 0 Å². The molecule has 1 heterocycles. The second-order valence-corrected chi connectivity index (χ2v) is 4.35. The van der Waals surface area contributed by atoms with E-state index in [0.29, 0.717) is 11.1 Å². The lowest BCUT2D eigenvalue weighted by Gasteiger charge is -2.18. The number of nitrogens with one attached hydrogen (secondary N) is 1. The van der Waals surface area contributed by atoms with Crippen molar-refractivity contribution < 1.29 is 18.3 Å². The number of rotatable bonds is 5. The molecule has 1 N–H and O–H groups in total. The molecule has 2 aromatic rings. The standard InChI is InChI=1S/C15H14F2N2O2/c1-10(19-14(20)11-6-8-18-9-7-11)12-4-2-3-5-13(12)21-15(16)17/h2-10,15H,1H3,(H,19,20). The molecule has 0 bridgehead atoms. The molecule has 2 rings (SSSR count). The van der Waals surface area contributed by atoms with Crippen LogP contribution in [0.4, 0.5) is 8.78 Å². The molecule has 0 fully saturated rings. The van der Waals surface area contributed by atoms with Gasteiger partial charge in [0.1, 0.15) is 5.75 Å². The van der Waals surface area contributed by atoms with Gasteiger partial charge >= 0.3 is 6.61 Å². The lowest BCUT2D eigenvalue weighted by molar-refractivity contribution is -0.0506. The topological polar surface area (TPSA) is 51.2 Å². The fourth-order valence-corrected chi connectivity index (χ4v) is 1.90. The Hall–Kier alpha value is -2.50. The fourth-order valence-electron chi connectivity index (χ4n) is 1.90. The minimum atomic E-state index is -2.91. The molecule has 1 aromatic heterocycles. The number of para-hydroxylation sites is 1. The zero-order chi connectivity index (χ0) is 15.2. The number of aromatic nitrogens is 1. The maximum absolute atomic E-state index is 12.4. The SMILES string of the molecule is CC(NC(=O)c1ccncc1)c1ccccc1OC(F)F. The quantitative estimate of drug-likeness (QED) is 0.921. The second kappa shape index (κ2) is 6.78. The highest BCUT2D eigenvalue weighted by Gasteiger charge is 2.16. The van der Waals surface area contributed by atoms with Gasteiger partial charge in [-0.25, -0.2) is 0 Å². The first-order valence-electron chi connectivity index (χ1n) is 6.32. The highest BCUT2D eigenvalue weighted by molar-refractivity contribution is 5.94. The second-order valence-electron chi connectivity index (χ2n) is 4.35. The summed E-state index contributed by atoms with van der Waals surface area (Å²) < 4.78 is 29.2. The van der Waals surface area contributed by atoms with Crippen LogP contribution in [-0.2, 0) is 0 Å². The summed E-state index contributed by atoms with van der Waals surface area (Å²) in [6, 6.07) is 9.04. The molecular weight excluding hydrogens is 278 g/mol. The van der Waals surface area contributed by atoms with E-state index >= 15 is 0 Å². The minimum absolute atomic E-state index is 0.0510. The van der Waals surface area contributed by atoms with E-state index in [0.717, 1.165) is 0 Å². The highest BCUT2D eigenvalue weighted by Crippen LogP contribution is 2.26. The van der Waals surface area contributed by atoms with Gasteiger partial charge < -0.3 is 10.1 Å². The van der Waals surface area contributed by atoms with Crippen molar-refractivity contribution in [3.05, 3.63) is 59.9 Å². The number of pyridine rings is 1. The van der Waals surface area contributed by atoms with E-state index in [2.05, 4.69) is 15.0 Å². The van der Waals surface area contributed by atoms with Crippen LogP contribution in [-0.4, -0.2) is 17.5 Å². The van der Waals surface area contributed by atoms with Crippen LogP contribution in [0.3, 0.4) is 0 Å². The predicted molar refractivity (Wildman–Crippen MR) is 73.2 cm³/mol. The van der Waals surface area contributed by atoms with Crippen LogP contribution in [0, 0.1) is 0 Å². The Bertz CT molecular complexity index is 606. The Morgan fingerprint density at radius 2 is 1.86 bits per heavy atom. The Kier molecular flexibility index (Phi) is 4.81. The van der Waals surface area contributed by atoms with Gasteiger partial charge in [0.25, 0.3) is 5.91 Å². The van der Waals surface area contributed by atoms with Gasteiger partial charge in [-0.2, -0.15) is 8.78 Å². The average Bonchev–Trinajstić information content (AvgIpc) is 2.48. The molecule has 0 aliphatic carbocycles. The summed E-state index contributed by atoms with van der Waals surface area (Å²) in [6.45, 7) is -1.21. The number of amides is 1. The van der Waals surface area contributed by atoms with Gasteiger partial charge in [-0.15, -0.1) is 0 Å². The molecule has 21 heavy (non-hydrogen) atoms. The summed E-state index contributed by atoms with van der Waals surface area (Å²) in [5.41, 5.74) is 0.935. The number of benzene rings is 1. The molecule has 0 saturated heterocycles. The molecule has 0 spiro atoms. The van der Waals surface area contributed by atoms with Gasteiger partial charge in [-0.3, -0.25) is 9.78 Å². The molecule has 4 nitrogen and oxygen atoms in total. The van der Waals surface area contributed by atoms with Gasteiger partial charge in [0.15, 0.2) is 0 Å². The number of carbonyl (C=O) groups excluding carboxylic acids is 1. The first-order valence-corrected chi connectivity index (χ1v) is 6.32. The first-order chi connectivity index (χ1) is 10.1. The van der Waals surface area contributed by atoms with Gasteiger partial charge in [0.05, 0.1) is 6.04 Å². The van der Waals surface area contributed by atoms with Gasteiger partial charge in [0, 0.05) is 23.5 Å². The number of ether oxygens (including phenoxy) is 1. The number of nitrogens with zero attached hydrogens (tertiary/aromatic N) is 1. The molecule has 0 saturated carbocycles. The average molecular weight is 292 g/mol. The van der Waals surface area contributed by atoms with Crippen LogP contribution in [0.25, 0.3) is 0 Å². The largest absolute Gasteiger partial charge is 0.434 e. The van der Waals surface area contributed by atoms with Gasteiger partial charge in [-0.1, -0.05) is 18.2 Å². The summed E-state index contributed by atoms with van der Waals surface area (Å²) in [6.07, 6.45) is 3.01. The van der Waals surface area contributed by atoms with E-state index in [-0.39, 0.29) is 11.7 Å². The molecule has 110 valence electrons. The summed E-state index contributed by atoms with van der Waals surface area (Å²) in [5.74, 6) is -0.258. The Balaban J connectivity index is 2.13. The molecule has 1 unspecified atom stereocenters. The summed E-state index contributed by atoms with van der Waals surface area (Å²) >= 11 is 0. The van der Waals surface area contributed by atoms with Crippen LogP contribution in [0.1, 0.15) is 28.9 Å². The van der Waals surface area contributed by atoms with Crippen LogP contribution < -0.4 is 10.1 Å². The molecule has 0 radical (unpaired) electrons. The zero-order valence-electron chi connectivity index (χ0n) is 11.3. The minimum Gasteiger partial charge on any atom is -0.434 e. The first kappa shape index (κ1) is 14.9. The lowest BCUT2D eigenvalue weighted by Crippen LogP contribution is -2.27. The van der Waals surface area contributed by atoms with E-state index in [1.54, 1.807) is 37.3 Å². The van der Waals surface area contributed by atoms with Crippen molar-refractivity contribution in [1.29, 1.82) is 0 Å². The third kappa shape index (κ3) is 3.98. The highest BCUT2D eigenvalue weighted by atomic mass is 19.3. The van der Waals surface area contributed by atoms with Crippen LogP contribution in [0.2, 0.25) is 0 Å². The van der Waals surface area contributed by atoms with E-state index < -0.39 is 12.7 Å². The lowest BCUT2D eigenvalue weighted by atomic mass is 10.1. The van der Waals surface area contributed by atoms with Gasteiger partial charge in [-0.05, 0) is 25.1 Å². The van der Waals surface area contributed by atoms with Crippen molar-refractivity contribution in [3.8, 4) is 5.75 Å². The molecule has 1 aromatic carbocycles. The van der Waals surface area contributed by atoms with Crippen LogP contribution >= 0.6 is 0 Å². The normalized spacial score (nSPS) is 12.0. The Morgan fingerprint density at radius 3 is 2.52 bits per heavy atom. The number of halogens is 2. The summed E-state index contributed by atoms with van der Waals surface area (Å²) in [7, 11) is 0. The maximum atomic E-state index is 12.4. The van der Waals surface area contributed by atoms with Crippen molar-refractivity contribution >= 4 is 5.91 Å². The van der Waals surface area contributed by atoms with E-state index in [1.165, 1.54) is 18.5 Å². The molecule has 1 atom stereocenters. The smallest absolute Gasteiger partial charge is 0.387 e. The van der Waals surface area contributed by atoms with Gasteiger partial charge in [0.2, 0.25) is 0 Å².